The molecule has 0 spiro atoms. The van der Waals surface area contributed by atoms with Gasteiger partial charge in [0.15, 0.2) is 23.0 Å². The molecule has 2 aromatic carbocycles. The van der Waals surface area contributed by atoms with E-state index in [9.17, 15) is 14.7 Å². The Kier molecular flexibility index (Phi) is 7.67. The maximum atomic E-state index is 11.7. The molecule has 0 radical (unpaired) electrons. The Morgan fingerprint density at radius 2 is 1.25 bits per heavy atom. The van der Waals surface area contributed by atoms with Gasteiger partial charge in [-0.3, -0.25) is 0 Å². The van der Waals surface area contributed by atoms with Gasteiger partial charge in [-0.2, -0.15) is 0 Å². The first-order chi connectivity index (χ1) is 13.0. The summed E-state index contributed by atoms with van der Waals surface area (Å²) < 4.78 is 14.8. The van der Waals surface area contributed by atoms with E-state index in [1.807, 2.05) is 0 Å². The molecule has 2 rings (SSSR count). The monoisotopic (exact) mass is 392 g/mol. The van der Waals surface area contributed by atoms with Gasteiger partial charge in [0.25, 0.3) is 0 Å². The zero-order valence-corrected chi connectivity index (χ0v) is 16.3. The van der Waals surface area contributed by atoms with Crippen LogP contribution in [0.25, 0.3) is 0 Å². The lowest BCUT2D eigenvalue weighted by molar-refractivity contribution is 0.00689. The molecule has 3 N–H and O–H groups in total. The lowest BCUT2D eigenvalue weighted by Gasteiger charge is -2.19. The Morgan fingerprint density at radius 1 is 0.821 bits per heavy atom. The van der Waals surface area contributed by atoms with Crippen molar-refractivity contribution in [1.29, 1.82) is 0 Å². The third-order valence-corrected chi connectivity index (χ3v) is 3.24. The molecule has 152 valence electrons. The highest BCUT2D eigenvalue weighted by Crippen LogP contribution is 2.27. The summed E-state index contributed by atoms with van der Waals surface area (Å²) in [5.41, 5.74) is -0.100. The predicted octanol–water partition coefficient (Wildman–Crippen LogP) is 3.46. The maximum absolute atomic E-state index is 11.7. The molecule has 0 aliphatic rings. The van der Waals surface area contributed by atoms with Crippen LogP contribution in [0.2, 0.25) is 0 Å². The molecule has 0 heterocycles. The zero-order valence-electron chi connectivity index (χ0n) is 16.3. The number of rotatable bonds is 4. The number of hydrogen-bond donors (Lipinski definition) is 3. The van der Waals surface area contributed by atoms with Crippen molar-refractivity contribution in [1.82, 2.24) is 0 Å². The Labute approximate surface area is 162 Å². The molecular weight excluding hydrogens is 368 g/mol. The number of benzene rings is 2. The number of hydrogen-bond acceptors (Lipinski definition) is 7. The van der Waals surface area contributed by atoms with Gasteiger partial charge >= 0.3 is 11.9 Å². The van der Waals surface area contributed by atoms with E-state index in [0.29, 0.717) is 5.56 Å². The summed E-state index contributed by atoms with van der Waals surface area (Å²) >= 11 is 0. The lowest BCUT2D eigenvalue weighted by Crippen LogP contribution is -2.23. The van der Waals surface area contributed by atoms with Crippen LogP contribution < -0.4 is 9.47 Å². The van der Waals surface area contributed by atoms with Gasteiger partial charge in [-0.1, -0.05) is 0 Å². The number of ether oxygens (including phenoxy) is 3. The van der Waals surface area contributed by atoms with Crippen molar-refractivity contribution in [2.24, 2.45) is 0 Å². The normalized spacial score (nSPS) is 10.3. The van der Waals surface area contributed by atoms with Gasteiger partial charge in [0.1, 0.15) is 5.60 Å². The van der Waals surface area contributed by atoms with Crippen LogP contribution in [0.15, 0.2) is 36.4 Å². The van der Waals surface area contributed by atoms with Crippen LogP contribution in [0.3, 0.4) is 0 Å². The van der Waals surface area contributed by atoms with Gasteiger partial charge in [0, 0.05) is 0 Å². The van der Waals surface area contributed by atoms with E-state index < -0.39 is 17.5 Å². The van der Waals surface area contributed by atoms with Crippen LogP contribution in [0, 0.1) is 0 Å². The molecule has 0 aliphatic carbocycles. The van der Waals surface area contributed by atoms with Crippen molar-refractivity contribution in [2.45, 2.75) is 26.4 Å². The number of esters is 1. The quantitative estimate of drug-likeness (QED) is 0.676. The van der Waals surface area contributed by atoms with E-state index in [1.165, 1.54) is 50.6 Å². The summed E-state index contributed by atoms with van der Waals surface area (Å²) in [6.07, 6.45) is 0. The highest BCUT2D eigenvalue weighted by molar-refractivity contribution is 5.90. The Hall–Kier alpha value is -3.42. The molecule has 0 fully saturated rings. The molecule has 0 unspecified atom stereocenters. The van der Waals surface area contributed by atoms with Gasteiger partial charge in [-0.25, -0.2) is 9.59 Å². The zero-order chi connectivity index (χ0) is 21.5. The van der Waals surface area contributed by atoms with E-state index >= 15 is 0 Å². The molecule has 0 bridgehead atoms. The third kappa shape index (κ3) is 6.71. The molecule has 0 saturated heterocycles. The van der Waals surface area contributed by atoms with Crippen molar-refractivity contribution >= 4 is 11.9 Å². The molecule has 0 atom stereocenters. The number of aromatic hydroxyl groups is 2. The fourth-order valence-electron chi connectivity index (χ4n) is 1.95. The summed E-state index contributed by atoms with van der Waals surface area (Å²) in [6.45, 7) is 5.38. The fraction of sp³-hybridized carbons (Fsp3) is 0.300. The molecular formula is C20H24O8. The van der Waals surface area contributed by atoms with Crippen molar-refractivity contribution in [3.05, 3.63) is 47.5 Å². The first kappa shape index (κ1) is 22.6. The van der Waals surface area contributed by atoms with Crippen molar-refractivity contribution in [2.75, 3.05) is 14.2 Å². The van der Waals surface area contributed by atoms with E-state index in [0.717, 1.165) is 0 Å². The highest BCUT2D eigenvalue weighted by atomic mass is 16.6. The predicted molar refractivity (Wildman–Crippen MR) is 101 cm³/mol. The van der Waals surface area contributed by atoms with Crippen LogP contribution in [-0.4, -0.2) is 47.1 Å². The number of carbonyl (C=O) groups excluding carboxylic acids is 1. The van der Waals surface area contributed by atoms with Crippen LogP contribution in [-0.2, 0) is 4.74 Å². The molecule has 8 nitrogen and oxygen atoms in total. The van der Waals surface area contributed by atoms with Gasteiger partial charge in [0.2, 0.25) is 0 Å². The van der Waals surface area contributed by atoms with Crippen molar-refractivity contribution in [3.63, 3.8) is 0 Å². The van der Waals surface area contributed by atoms with Crippen LogP contribution in [0.5, 0.6) is 23.0 Å². The van der Waals surface area contributed by atoms with E-state index in [4.69, 9.17) is 24.4 Å². The fourth-order valence-corrected chi connectivity index (χ4v) is 1.95. The van der Waals surface area contributed by atoms with Crippen LogP contribution in [0.1, 0.15) is 41.5 Å². The minimum absolute atomic E-state index is 0.00481. The van der Waals surface area contributed by atoms with E-state index in [2.05, 4.69) is 0 Å². The Bertz CT molecular complexity index is 837. The minimum atomic E-state index is -1.05. The molecule has 0 saturated carbocycles. The lowest BCUT2D eigenvalue weighted by atomic mass is 10.1. The number of aromatic carboxylic acids is 1. The molecule has 8 heteroatoms. The number of methoxy groups -OCH3 is 2. The number of carboxylic acid groups (broad SMARTS) is 1. The smallest absolute Gasteiger partial charge is 0.338 e. The first-order valence-corrected chi connectivity index (χ1v) is 8.19. The highest BCUT2D eigenvalue weighted by Gasteiger charge is 2.18. The van der Waals surface area contributed by atoms with Crippen molar-refractivity contribution < 1.29 is 39.1 Å². The Balaban J connectivity index is 0.000000292. The summed E-state index contributed by atoms with van der Waals surface area (Å²) in [5, 5.41) is 27.0. The van der Waals surface area contributed by atoms with Crippen LogP contribution >= 0.6 is 0 Å². The summed E-state index contributed by atoms with van der Waals surface area (Å²) in [7, 11) is 2.79. The molecule has 0 amide bonds. The number of carboxylic acids is 1. The SMILES string of the molecule is COc1cc(C(=O)O)ccc1O.COc1cc(C(=O)OC(C)(C)C)ccc1O. The number of phenols is 2. The van der Waals surface area contributed by atoms with Gasteiger partial charge < -0.3 is 29.5 Å². The van der Waals surface area contributed by atoms with E-state index in [1.54, 1.807) is 20.8 Å². The second-order valence-electron chi connectivity index (χ2n) is 6.58. The van der Waals surface area contributed by atoms with Gasteiger partial charge in [-0.05, 0) is 57.2 Å². The standard InChI is InChI=1S/C12H16O4.C8H8O4/c1-12(2,3)16-11(14)8-5-6-9(13)10(7-8)15-4;1-12-7-4-5(8(10)11)2-3-6(7)9/h5-7,13H,1-4H3;2-4,9H,1H3,(H,10,11). The maximum Gasteiger partial charge on any atom is 0.338 e. The largest absolute Gasteiger partial charge is 0.504 e. The first-order valence-electron chi connectivity index (χ1n) is 8.19. The summed E-state index contributed by atoms with van der Waals surface area (Å²) in [4.78, 5) is 22.1. The number of phenolic OH excluding ortho intramolecular Hbond substituents is 2. The van der Waals surface area contributed by atoms with Gasteiger partial charge in [-0.15, -0.1) is 0 Å². The second kappa shape index (κ2) is 9.50. The van der Waals surface area contributed by atoms with Crippen LogP contribution in [0.4, 0.5) is 0 Å². The summed E-state index contributed by atoms with van der Waals surface area (Å²) in [6, 6.07) is 8.19. The minimum Gasteiger partial charge on any atom is -0.504 e. The second-order valence-corrected chi connectivity index (χ2v) is 6.58. The van der Waals surface area contributed by atoms with E-state index in [-0.39, 0.29) is 28.6 Å². The average Bonchev–Trinajstić information content (AvgIpc) is 2.61. The molecule has 0 aromatic heterocycles. The van der Waals surface area contributed by atoms with Crippen molar-refractivity contribution in [3.8, 4) is 23.0 Å². The molecule has 28 heavy (non-hydrogen) atoms. The third-order valence-electron chi connectivity index (χ3n) is 3.24. The summed E-state index contributed by atoms with van der Waals surface area (Å²) in [5.74, 6) is -1.14. The molecule has 2 aromatic rings. The topological polar surface area (TPSA) is 123 Å². The Morgan fingerprint density at radius 3 is 1.64 bits per heavy atom. The number of carbonyl (C=O) groups is 2. The molecule has 0 aliphatic heterocycles. The average molecular weight is 392 g/mol. The van der Waals surface area contributed by atoms with Gasteiger partial charge in [0.05, 0.1) is 25.3 Å².